The Kier molecular flexibility index (Phi) is 6.50. The fourth-order valence-corrected chi connectivity index (χ4v) is 3.12. The maximum Gasteiger partial charge on any atom is 0.265 e. The summed E-state index contributed by atoms with van der Waals surface area (Å²) in [5, 5.41) is 7.72. The number of anilines is 1. The van der Waals surface area contributed by atoms with Gasteiger partial charge in [0.15, 0.2) is 6.10 Å². The molecule has 3 rings (SSSR count). The molecule has 3 aromatic carbocycles. The molecule has 29 heavy (non-hydrogen) atoms. The summed E-state index contributed by atoms with van der Waals surface area (Å²) in [6.07, 6.45) is -0.183. The van der Waals surface area contributed by atoms with Crippen LogP contribution in [-0.2, 0) is 4.79 Å². The first-order chi connectivity index (χ1) is 14.0. The molecule has 2 N–H and O–H groups in total. The minimum absolute atomic E-state index is 0.00402. The summed E-state index contributed by atoms with van der Waals surface area (Å²) in [6.45, 7) is 5.68. The molecule has 0 aliphatic carbocycles. The Morgan fingerprint density at radius 2 is 1.62 bits per heavy atom. The highest BCUT2D eigenvalue weighted by molar-refractivity contribution is 6.04. The van der Waals surface area contributed by atoms with Crippen LogP contribution < -0.4 is 15.4 Å². The van der Waals surface area contributed by atoms with Gasteiger partial charge < -0.3 is 15.4 Å². The number of para-hydroxylation sites is 1. The molecule has 0 radical (unpaired) electrons. The molecule has 2 amide bonds. The quantitative estimate of drug-likeness (QED) is 0.610. The summed E-state index contributed by atoms with van der Waals surface area (Å²) < 4.78 is 6.06. The monoisotopic (exact) mass is 390 g/mol. The molecule has 5 heteroatoms. The van der Waals surface area contributed by atoms with Gasteiger partial charge in [0.05, 0.1) is 11.3 Å². The number of benzene rings is 3. The zero-order chi connectivity index (χ0) is 20.8. The normalized spacial score (nSPS) is 11.9. The van der Waals surface area contributed by atoms with Crippen molar-refractivity contribution >= 4 is 28.3 Å². The molecule has 0 saturated carbocycles. The minimum atomic E-state index is -0.679. The highest BCUT2D eigenvalue weighted by Crippen LogP contribution is 2.27. The Morgan fingerprint density at radius 3 is 2.38 bits per heavy atom. The van der Waals surface area contributed by atoms with Gasteiger partial charge in [-0.2, -0.15) is 0 Å². The maximum atomic E-state index is 12.9. The summed E-state index contributed by atoms with van der Waals surface area (Å²) in [7, 11) is 0. The van der Waals surface area contributed by atoms with E-state index in [0.717, 1.165) is 10.8 Å². The van der Waals surface area contributed by atoms with Crippen molar-refractivity contribution in [2.45, 2.75) is 39.3 Å². The summed E-state index contributed by atoms with van der Waals surface area (Å²) in [4.78, 5) is 25.4. The molecule has 0 unspecified atom stereocenters. The Balaban J connectivity index is 1.80. The van der Waals surface area contributed by atoms with Gasteiger partial charge in [0.2, 0.25) is 0 Å². The Hall–Kier alpha value is -3.34. The first-order valence-corrected chi connectivity index (χ1v) is 9.84. The number of rotatable bonds is 7. The van der Waals surface area contributed by atoms with Gasteiger partial charge in [-0.05, 0) is 43.9 Å². The summed E-state index contributed by atoms with van der Waals surface area (Å²) in [6, 6.07) is 20.6. The molecular weight excluding hydrogens is 364 g/mol. The van der Waals surface area contributed by atoms with Gasteiger partial charge in [-0.15, -0.1) is 0 Å². The molecule has 0 aliphatic rings. The lowest BCUT2D eigenvalue weighted by Gasteiger charge is -2.20. The number of carbonyl (C=O) groups excluding carboxylic acids is 2. The van der Waals surface area contributed by atoms with Crippen molar-refractivity contribution < 1.29 is 14.3 Å². The van der Waals surface area contributed by atoms with Gasteiger partial charge >= 0.3 is 0 Å². The van der Waals surface area contributed by atoms with E-state index in [2.05, 4.69) is 10.6 Å². The third kappa shape index (κ3) is 4.93. The number of hydrogen-bond acceptors (Lipinski definition) is 3. The molecular formula is C24H26N2O3. The topological polar surface area (TPSA) is 67.4 Å². The lowest BCUT2D eigenvalue weighted by Crippen LogP contribution is -2.34. The number of fused-ring (bicyclic) bond motifs is 1. The Bertz CT molecular complexity index is 1010. The van der Waals surface area contributed by atoms with Gasteiger partial charge in [0.1, 0.15) is 5.75 Å². The average molecular weight is 390 g/mol. The van der Waals surface area contributed by atoms with E-state index in [4.69, 9.17) is 4.74 Å². The van der Waals surface area contributed by atoms with E-state index in [1.54, 1.807) is 24.3 Å². The molecule has 0 spiro atoms. The second kappa shape index (κ2) is 9.24. The van der Waals surface area contributed by atoms with Gasteiger partial charge in [-0.25, -0.2) is 0 Å². The highest BCUT2D eigenvalue weighted by Gasteiger charge is 2.21. The Morgan fingerprint density at radius 1 is 0.931 bits per heavy atom. The van der Waals surface area contributed by atoms with E-state index in [1.165, 1.54) is 0 Å². The summed E-state index contributed by atoms with van der Waals surface area (Å²) in [5.41, 5.74) is 0.894. The van der Waals surface area contributed by atoms with E-state index < -0.39 is 6.10 Å². The van der Waals surface area contributed by atoms with Crippen LogP contribution in [0, 0.1) is 0 Å². The zero-order valence-electron chi connectivity index (χ0n) is 16.9. The molecule has 150 valence electrons. The predicted molar refractivity (Wildman–Crippen MR) is 116 cm³/mol. The summed E-state index contributed by atoms with van der Waals surface area (Å²) in [5.74, 6) is 0.153. The molecule has 0 saturated heterocycles. The van der Waals surface area contributed by atoms with E-state index in [9.17, 15) is 9.59 Å². The molecule has 0 heterocycles. The molecule has 5 nitrogen and oxygen atoms in total. The van der Waals surface area contributed by atoms with Gasteiger partial charge in [-0.1, -0.05) is 55.5 Å². The third-order valence-electron chi connectivity index (χ3n) is 4.53. The first-order valence-electron chi connectivity index (χ1n) is 9.84. The van der Waals surface area contributed by atoms with Gasteiger partial charge in [0.25, 0.3) is 11.8 Å². The van der Waals surface area contributed by atoms with Crippen LogP contribution in [0.15, 0.2) is 66.7 Å². The number of hydrogen-bond donors (Lipinski definition) is 2. The molecule has 0 aromatic heterocycles. The number of nitrogens with one attached hydrogen (secondary N) is 2. The standard InChI is InChI=1S/C24H26N2O3/c1-4-21(29-22-15-9-11-17-10-5-6-12-18(17)22)24(28)26-20-14-8-7-13-19(20)23(27)25-16(2)3/h5-16,21H,4H2,1-3H3,(H,25,27)(H,26,28)/t21-/m0/s1. The second-order valence-electron chi connectivity index (χ2n) is 7.16. The molecule has 0 aliphatic heterocycles. The lowest BCUT2D eigenvalue weighted by molar-refractivity contribution is -0.122. The van der Waals surface area contributed by atoms with E-state index in [-0.39, 0.29) is 17.9 Å². The Labute approximate surface area is 171 Å². The van der Waals surface area contributed by atoms with Crippen LogP contribution in [0.5, 0.6) is 5.75 Å². The van der Waals surface area contributed by atoms with Crippen molar-refractivity contribution in [1.29, 1.82) is 0 Å². The number of carbonyl (C=O) groups is 2. The van der Waals surface area contributed by atoms with Crippen LogP contribution in [0.4, 0.5) is 5.69 Å². The summed E-state index contributed by atoms with van der Waals surface area (Å²) >= 11 is 0. The molecule has 0 fully saturated rings. The van der Waals surface area contributed by atoms with Crippen molar-refractivity contribution in [1.82, 2.24) is 5.32 Å². The number of ether oxygens (including phenoxy) is 1. The van der Waals surface area contributed by atoms with Gasteiger partial charge in [0, 0.05) is 11.4 Å². The lowest BCUT2D eigenvalue weighted by atomic mass is 10.1. The molecule has 3 aromatic rings. The average Bonchev–Trinajstić information content (AvgIpc) is 2.71. The zero-order valence-corrected chi connectivity index (χ0v) is 16.9. The van der Waals surface area contributed by atoms with Gasteiger partial charge in [-0.3, -0.25) is 9.59 Å². The van der Waals surface area contributed by atoms with Crippen LogP contribution in [0.3, 0.4) is 0 Å². The van der Waals surface area contributed by atoms with Crippen LogP contribution in [-0.4, -0.2) is 24.0 Å². The molecule has 0 bridgehead atoms. The van der Waals surface area contributed by atoms with Crippen LogP contribution in [0.25, 0.3) is 10.8 Å². The SMILES string of the molecule is CC[C@H](Oc1cccc2ccccc12)C(=O)Nc1ccccc1C(=O)NC(C)C. The molecule has 1 atom stereocenters. The van der Waals surface area contributed by atoms with Crippen molar-refractivity contribution in [3.05, 3.63) is 72.3 Å². The van der Waals surface area contributed by atoms with Crippen LogP contribution >= 0.6 is 0 Å². The third-order valence-corrected chi connectivity index (χ3v) is 4.53. The van der Waals surface area contributed by atoms with Crippen LogP contribution in [0.2, 0.25) is 0 Å². The highest BCUT2D eigenvalue weighted by atomic mass is 16.5. The van der Waals surface area contributed by atoms with Crippen molar-refractivity contribution in [3.63, 3.8) is 0 Å². The smallest absolute Gasteiger partial charge is 0.265 e. The van der Waals surface area contributed by atoms with E-state index in [0.29, 0.717) is 23.4 Å². The van der Waals surface area contributed by atoms with E-state index >= 15 is 0 Å². The maximum absolute atomic E-state index is 12.9. The fourth-order valence-electron chi connectivity index (χ4n) is 3.12. The predicted octanol–water partition coefficient (Wildman–Crippen LogP) is 4.77. The van der Waals surface area contributed by atoms with Crippen LogP contribution in [0.1, 0.15) is 37.6 Å². The minimum Gasteiger partial charge on any atom is -0.480 e. The second-order valence-corrected chi connectivity index (χ2v) is 7.16. The van der Waals surface area contributed by atoms with Crippen molar-refractivity contribution in [2.75, 3.05) is 5.32 Å². The largest absolute Gasteiger partial charge is 0.480 e. The fraction of sp³-hybridized carbons (Fsp3) is 0.250. The van der Waals surface area contributed by atoms with Crippen molar-refractivity contribution in [3.8, 4) is 5.75 Å². The number of amides is 2. The van der Waals surface area contributed by atoms with E-state index in [1.807, 2.05) is 63.2 Å². The van der Waals surface area contributed by atoms with Crippen molar-refractivity contribution in [2.24, 2.45) is 0 Å². The first kappa shape index (κ1) is 20.4.